The first-order valence-corrected chi connectivity index (χ1v) is 11.8. The van der Waals surface area contributed by atoms with Crippen LogP contribution in [0, 0.1) is 0 Å². The Morgan fingerprint density at radius 1 is 0.769 bits per heavy atom. The van der Waals surface area contributed by atoms with Gasteiger partial charge in [-0.3, -0.25) is 4.72 Å². The van der Waals surface area contributed by atoms with Crippen molar-refractivity contribution in [1.29, 1.82) is 0 Å². The predicted octanol–water partition coefficient (Wildman–Crippen LogP) is 2.88. The average molecular weight is 395 g/mol. The van der Waals surface area contributed by atoms with E-state index in [2.05, 4.69) is 9.62 Å². The molecule has 1 fully saturated rings. The van der Waals surface area contributed by atoms with Crippen LogP contribution in [0.4, 0.5) is 11.4 Å². The summed E-state index contributed by atoms with van der Waals surface area (Å²) >= 11 is 0. The van der Waals surface area contributed by atoms with Crippen molar-refractivity contribution in [3.05, 3.63) is 48.5 Å². The number of nitrogens with zero attached hydrogens (tertiary/aromatic N) is 1. The molecule has 26 heavy (non-hydrogen) atoms. The standard InChI is InChI=1S/C18H22N2O4S2/c1-25(21,22)17-9-11-18(12-10-17)26(23,24)19-15-5-7-16(8-6-15)20-13-3-2-4-14-20/h5-12,19H,2-4,13-14H2,1H3. The van der Waals surface area contributed by atoms with E-state index in [1.165, 1.54) is 43.5 Å². The van der Waals surface area contributed by atoms with Gasteiger partial charge in [-0.15, -0.1) is 0 Å². The van der Waals surface area contributed by atoms with Gasteiger partial charge in [0.1, 0.15) is 0 Å². The van der Waals surface area contributed by atoms with Crippen molar-refractivity contribution in [3.8, 4) is 0 Å². The zero-order chi connectivity index (χ0) is 18.8. The van der Waals surface area contributed by atoms with Gasteiger partial charge < -0.3 is 4.90 Å². The highest BCUT2D eigenvalue weighted by molar-refractivity contribution is 7.92. The summed E-state index contributed by atoms with van der Waals surface area (Å²) in [5.74, 6) is 0. The molecule has 0 aromatic heterocycles. The Bertz CT molecular complexity index is 961. The third kappa shape index (κ3) is 4.37. The van der Waals surface area contributed by atoms with Gasteiger partial charge in [-0.2, -0.15) is 0 Å². The number of sulfonamides is 1. The van der Waals surface area contributed by atoms with Crippen molar-refractivity contribution < 1.29 is 16.8 Å². The van der Waals surface area contributed by atoms with Crippen molar-refractivity contribution in [3.63, 3.8) is 0 Å². The highest BCUT2D eigenvalue weighted by Gasteiger charge is 2.16. The predicted molar refractivity (Wildman–Crippen MR) is 103 cm³/mol. The molecule has 8 heteroatoms. The first-order valence-electron chi connectivity index (χ1n) is 8.44. The molecule has 0 bridgehead atoms. The van der Waals surface area contributed by atoms with Gasteiger partial charge in [0.05, 0.1) is 9.79 Å². The van der Waals surface area contributed by atoms with Crippen LogP contribution in [0.2, 0.25) is 0 Å². The lowest BCUT2D eigenvalue weighted by Crippen LogP contribution is -2.29. The highest BCUT2D eigenvalue weighted by Crippen LogP contribution is 2.23. The zero-order valence-electron chi connectivity index (χ0n) is 14.6. The Morgan fingerprint density at radius 3 is 1.85 bits per heavy atom. The quantitative estimate of drug-likeness (QED) is 0.843. The number of anilines is 2. The maximum absolute atomic E-state index is 12.5. The Balaban J connectivity index is 1.74. The van der Waals surface area contributed by atoms with E-state index in [0.29, 0.717) is 5.69 Å². The van der Waals surface area contributed by atoms with Gasteiger partial charge in [-0.1, -0.05) is 0 Å². The number of piperidine rings is 1. The van der Waals surface area contributed by atoms with E-state index in [-0.39, 0.29) is 9.79 Å². The summed E-state index contributed by atoms with van der Waals surface area (Å²) < 4.78 is 50.4. The summed E-state index contributed by atoms with van der Waals surface area (Å²) in [7, 11) is -7.13. The Hall–Kier alpha value is -2.06. The van der Waals surface area contributed by atoms with Crippen molar-refractivity contribution >= 4 is 31.2 Å². The van der Waals surface area contributed by atoms with Gasteiger partial charge in [-0.05, 0) is 67.8 Å². The molecule has 0 amide bonds. The largest absolute Gasteiger partial charge is 0.372 e. The summed E-state index contributed by atoms with van der Waals surface area (Å²) in [5, 5.41) is 0. The molecule has 1 heterocycles. The van der Waals surface area contributed by atoms with Crippen LogP contribution in [-0.2, 0) is 19.9 Å². The van der Waals surface area contributed by atoms with Crippen LogP contribution in [0.5, 0.6) is 0 Å². The second kappa shape index (κ2) is 7.28. The number of hydrogen-bond acceptors (Lipinski definition) is 5. The molecule has 0 atom stereocenters. The Labute approximate surface area is 154 Å². The third-order valence-corrected chi connectivity index (χ3v) is 6.93. The fourth-order valence-corrected chi connectivity index (χ4v) is 4.66. The van der Waals surface area contributed by atoms with Crippen molar-refractivity contribution in [1.82, 2.24) is 0 Å². The lowest BCUT2D eigenvalue weighted by atomic mass is 10.1. The summed E-state index contributed by atoms with van der Waals surface area (Å²) in [5.41, 5.74) is 1.56. The SMILES string of the molecule is CS(=O)(=O)c1ccc(S(=O)(=O)Nc2ccc(N3CCCCC3)cc2)cc1. The molecule has 1 N–H and O–H groups in total. The molecule has 1 saturated heterocycles. The normalized spacial score (nSPS) is 15.7. The van der Waals surface area contributed by atoms with Gasteiger partial charge in [0.15, 0.2) is 9.84 Å². The van der Waals surface area contributed by atoms with Gasteiger partial charge in [-0.25, -0.2) is 16.8 Å². The molecule has 3 rings (SSSR count). The first-order chi connectivity index (χ1) is 12.3. The minimum atomic E-state index is -3.77. The number of nitrogens with one attached hydrogen (secondary N) is 1. The Kier molecular flexibility index (Phi) is 5.24. The topological polar surface area (TPSA) is 83.5 Å². The second-order valence-electron chi connectivity index (χ2n) is 6.44. The fourth-order valence-electron chi connectivity index (χ4n) is 2.97. The molecule has 140 valence electrons. The molecule has 6 nitrogen and oxygen atoms in total. The van der Waals surface area contributed by atoms with Crippen molar-refractivity contribution in [2.45, 2.75) is 29.1 Å². The summed E-state index contributed by atoms with van der Waals surface area (Å²) in [6.45, 7) is 2.05. The summed E-state index contributed by atoms with van der Waals surface area (Å²) in [4.78, 5) is 2.40. The lowest BCUT2D eigenvalue weighted by molar-refractivity contribution is 0.578. The van der Waals surface area contributed by atoms with E-state index in [4.69, 9.17) is 0 Å². The van der Waals surface area contributed by atoms with E-state index in [1.807, 2.05) is 12.1 Å². The van der Waals surface area contributed by atoms with Gasteiger partial charge in [0.25, 0.3) is 10.0 Å². The van der Waals surface area contributed by atoms with Crippen LogP contribution >= 0.6 is 0 Å². The number of hydrogen-bond donors (Lipinski definition) is 1. The van der Waals surface area contributed by atoms with Crippen LogP contribution < -0.4 is 9.62 Å². The van der Waals surface area contributed by atoms with Crippen molar-refractivity contribution in [2.75, 3.05) is 29.0 Å². The van der Waals surface area contributed by atoms with Crippen LogP contribution in [0.3, 0.4) is 0 Å². The monoisotopic (exact) mass is 394 g/mol. The van der Waals surface area contributed by atoms with E-state index in [1.54, 1.807) is 12.1 Å². The van der Waals surface area contributed by atoms with E-state index in [9.17, 15) is 16.8 Å². The average Bonchev–Trinajstić information content (AvgIpc) is 2.62. The molecule has 0 radical (unpaired) electrons. The molecule has 1 aliphatic heterocycles. The molecular weight excluding hydrogens is 372 g/mol. The maximum atomic E-state index is 12.5. The minimum absolute atomic E-state index is 0.0185. The summed E-state index contributed by atoms with van der Waals surface area (Å²) in [6, 6.07) is 12.5. The second-order valence-corrected chi connectivity index (χ2v) is 10.1. The van der Waals surface area contributed by atoms with Crippen LogP contribution in [0.15, 0.2) is 58.3 Å². The van der Waals surface area contributed by atoms with E-state index >= 15 is 0 Å². The molecular formula is C18H22N2O4S2. The van der Waals surface area contributed by atoms with Crippen LogP contribution in [-0.4, -0.2) is 36.2 Å². The minimum Gasteiger partial charge on any atom is -0.372 e. The molecule has 1 aliphatic rings. The molecule has 0 aliphatic carbocycles. The fraction of sp³-hybridized carbons (Fsp3) is 0.333. The zero-order valence-corrected chi connectivity index (χ0v) is 16.2. The molecule has 2 aromatic rings. The number of sulfone groups is 1. The third-order valence-electron chi connectivity index (χ3n) is 4.40. The van der Waals surface area contributed by atoms with Gasteiger partial charge in [0, 0.05) is 30.7 Å². The number of benzene rings is 2. The van der Waals surface area contributed by atoms with Gasteiger partial charge >= 0.3 is 0 Å². The summed E-state index contributed by atoms with van der Waals surface area (Å²) in [6.07, 6.45) is 4.70. The van der Waals surface area contributed by atoms with E-state index in [0.717, 1.165) is 25.0 Å². The Morgan fingerprint density at radius 2 is 1.31 bits per heavy atom. The molecule has 2 aromatic carbocycles. The highest BCUT2D eigenvalue weighted by atomic mass is 32.2. The van der Waals surface area contributed by atoms with Crippen LogP contribution in [0.1, 0.15) is 19.3 Å². The lowest BCUT2D eigenvalue weighted by Gasteiger charge is -2.28. The van der Waals surface area contributed by atoms with Crippen molar-refractivity contribution in [2.24, 2.45) is 0 Å². The molecule has 0 spiro atoms. The van der Waals surface area contributed by atoms with Crippen LogP contribution in [0.25, 0.3) is 0 Å². The van der Waals surface area contributed by atoms with Gasteiger partial charge in [0.2, 0.25) is 0 Å². The molecule has 0 saturated carbocycles. The molecule has 0 unspecified atom stereocenters. The van der Waals surface area contributed by atoms with E-state index < -0.39 is 19.9 Å². The smallest absolute Gasteiger partial charge is 0.261 e. The maximum Gasteiger partial charge on any atom is 0.261 e. The first kappa shape index (κ1) is 18.7. The number of rotatable bonds is 5.